The van der Waals surface area contributed by atoms with Crippen molar-refractivity contribution in [2.45, 2.75) is 45.9 Å². The molecule has 1 aromatic rings. The van der Waals surface area contributed by atoms with Gasteiger partial charge >= 0.3 is 0 Å². The van der Waals surface area contributed by atoms with E-state index in [0.717, 1.165) is 38.5 Å². The predicted octanol–water partition coefficient (Wildman–Crippen LogP) is 1.91. The van der Waals surface area contributed by atoms with Crippen molar-refractivity contribution in [2.24, 2.45) is 0 Å². The van der Waals surface area contributed by atoms with E-state index in [9.17, 15) is 0 Å². The molecular formula is C15H27N3O. The van der Waals surface area contributed by atoms with E-state index >= 15 is 0 Å². The molecule has 1 aliphatic rings. The quantitative estimate of drug-likeness (QED) is 0.881. The van der Waals surface area contributed by atoms with E-state index in [4.69, 9.17) is 4.42 Å². The molecule has 0 aliphatic carbocycles. The van der Waals surface area contributed by atoms with Gasteiger partial charge in [0.15, 0.2) is 0 Å². The van der Waals surface area contributed by atoms with E-state index in [1.807, 2.05) is 6.26 Å². The van der Waals surface area contributed by atoms with Crippen LogP contribution in [-0.2, 0) is 13.1 Å². The number of nitrogens with zero attached hydrogens (tertiary/aromatic N) is 2. The number of hydrogen-bond donors (Lipinski definition) is 1. The minimum atomic E-state index is 0.607. The zero-order chi connectivity index (χ0) is 13.8. The lowest BCUT2D eigenvalue weighted by Crippen LogP contribution is -2.54. The number of nitrogens with one attached hydrogen (secondary N) is 1. The van der Waals surface area contributed by atoms with Crippen molar-refractivity contribution in [1.29, 1.82) is 0 Å². The molecule has 0 bridgehead atoms. The van der Waals surface area contributed by atoms with Crippen LogP contribution in [0.4, 0.5) is 0 Å². The van der Waals surface area contributed by atoms with E-state index in [-0.39, 0.29) is 0 Å². The fraction of sp³-hybridized carbons (Fsp3) is 0.733. The second-order valence-corrected chi connectivity index (χ2v) is 5.71. The molecule has 19 heavy (non-hydrogen) atoms. The van der Waals surface area contributed by atoms with Crippen LogP contribution in [0.15, 0.2) is 16.7 Å². The Bertz CT molecular complexity index is 378. The molecule has 0 spiro atoms. The first-order valence-electron chi connectivity index (χ1n) is 7.32. The maximum absolute atomic E-state index is 5.67. The van der Waals surface area contributed by atoms with Crippen molar-refractivity contribution in [3.63, 3.8) is 0 Å². The Morgan fingerprint density at radius 3 is 2.63 bits per heavy atom. The number of piperazine rings is 1. The molecule has 0 saturated carbocycles. The zero-order valence-electron chi connectivity index (χ0n) is 12.6. The third-order valence-corrected chi connectivity index (χ3v) is 4.21. The third-order valence-electron chi connectivity index (χ3n) is 4.21. The summed E-state index contributed by atoms with van der Waals surface area (Å²) in [5, 5.41) is 3.37. The highest BCUT2D eigenvalue weighted by molar-refractivity contribution is 5.17. The van der Waals surface area contributed by atoms with Crippen molar-refractivity contribution in [3.8, 4) is 0 Å². The standard InChI is InChI=1S/C15H27N3O/c1-5-16-8-14-6-7-19-15(14)11-18-9-12(2)17(4)13(3)10-18/h6-7,12-13,16H,5,8-11H2,1-4H3. The number of likely N-dealkylation sites (N-methyl/N-ethyl adjacent to an activating group) is 1. The van der Waals surface area contributed by atoms with E-state index in [2.05, 4.69) is 49.0 Å². The summed E-state index contributed by atoms with van der Waals surface area (Å²) < 4.78 is 5.67. The van der Waals surface area contributed by atoms with Gasteiger partial charge in [-0.2, -0.15) is 0 Å². The lowest BCUT2D eigenvalue weighted by Gasteiger charge is -2.42. The van der Waals surface area contributed by atoms with E-state index in [0.29, 0.717) is 12.1 Å². The Kier molecular flexibility index (Phi) is 5.02. The highest BCUT2D eigenvalue weighted by Gasteiger charge is 2.27. The molecule has 1 aliphatic heterocycles. The van der Waals surface area contributed by atoms with Gasteiger partial charge in [-0.25, -0.2) is 0 Å². The summed E-state index contributed by atoms with van der Waals surface area (Å²) in [6, 6.07) is 3.30. The molecule has 1 aromatic heterocycles. The molecule has 2 heterocycles. The van der Waals surface area contributed by atoms with Gasteiger partial charge in [-0.15, -0.1) is 0 Å². The molecule has 2 atom stereocenters. The van der Waals surface area contributed by atoms with Crippen LogP contribution in [0.25, 0.3) is 0 Å². The molecule has 1 N–H and O–H groups in total. The monoisotopic (exact) mass is 265 g/mol. The largest absolute Gasteiger partial charge is 0.468 e. The molecule has 4 heteroatoms. The summed E-state index contributed by atoms with van der Waals surface area (Å²) >= 11 is 0. The van der Waals surface area contributed by atoms with Gasteiger partial charge in [0.1, 0.15) is 5.76 Å². The smallest absolute Gasteiger partial charge is 0.122 e. The summed E-state index contributed by atoms with van der Waals surface area (Å²) in [6.07, 6.45) is 1.81. The Hall–Kier alpha value is -0.840. The van der Waals surface area contributed by atoms with Gasteiger partial charge in [0.25, 0.3) is 0 Å². The van der Waals surface area contributed by atoms with Gasteiger partial charge < -0.3 is 9.73 Å². The Morgan fingerprint density at radius 2 is 2.00 bits per heavy atom. The van der Waals surface area contributed by atoms with Gasteiger partial charge in [-0.1, -0.05) is 6.92 Å². The average Bonchev–Trinajstić information content (AvgIpc) is 2.80. The van der Waals surface area contributed by atoms with Crippen LogP contribution in [0.2, 0.25) is 0 Å². The molecule has 0 aromatic carbocycles. The van der Waals surface area contributed by atoms with Crippen molar-refractivity contribution >= 4 is 0 Å². The third kappa shape index (κ3) is 3.59. The van der Waals surface area contributed by atoms with Crippen LogP contribution in [0.3, 0.4) is 0 Å². The molecular weight excluding hydrogens is 238 g/mol. The SMILES string of the molecule is CCNCc1ccoc1CN1CC(C)N(C)C(C)C1. The number of hydrogen-bond acceptors (Lipinski definition) is 4. The van der Waals surface area contributed by atoms with Crippen molar-refractivity contribution < 1.29 is 4.42 Å². The highest BCUT2D eigenvalue weighted by atomic mass is 16.3. The van der Waals surface area contributed by atoms with Gasteiger partial charge in [0.05, 0.1) is 12.8 Å². The van der Waals surface area contributed by atoms with Gasteiger partial charge in [-0.05, 0) is 33.5 Å². The van der Waals surface area contributed by atoms with Crippen molar-refractivity contribution in [1.82, 2.24) is 15.1 Å². The summed E-state index contributed by atoms with van der Waals surface area (Å²) in [5.74, 6) is 1.12. The number of furan rings is 1. The normalized spacial score (nSPS) is 25.9. The predicted molar refractivity (Wildman–Crippen MR) is 78.1 cm³/mol. The molecule has 0 amide bonds. The molecule has 4 nitrogen and oxygen atoms in total. The Balaban J connectivity index is 1.95. The van der Waals surface area contributed by atoms with Crippen molar-refractivity contribution in [2.75, 3.05) is 26.7 Å². The average molecular weight is 265 g/mol. The van der Waals surface area contributed by atoms with E-state index in [1.165, 1.54) is 5.56 Å². The van der Waals surface area contributed by atoms with Gasteiger partial charge in [-0.3, -0.25) is 9.80 Å². The van der Waals surface area contributed by atoms with Crippen molar-refractivity contribution in [3.05, 3.63) is 23.7 Å². The van der Waals surface area contributed by atoms with E-state index in [1.54, 1.807) is 0 Å². The summed E-state index contributed by atoms with van der Waals surface area (Å²) in [4.78, 5) is 4.96. The van der Waals surface area contributed by atoms with Crippen LogP contribution in [0.5, 0.6) is 0 Å². The molecule has 1 fully saturated rings. The minimum Gasteiger partial charge on any atom is -0.468 e. The van der Waals surface area contributed by atoms with Crippen LogP contribution in [0.1, 0.15) is 32.1 Å². The summed E-state index contributed by atoms with van der Waals surface area (Å²) in [5.41, 5.74) is 1.29. The van der Waals surface area contributed by atoms with Crippen LogP contribution >= 0.6 is 0 Å². The summed E-state index contributed by atoms with van der Waals surface area (Å²) in [6.45, 7) is 11.8. The van der Waals surface area contributed by atoms with Gasteiger partial charge in [0, 0.05) is 37.3 Å². The number of rotatable bonds is 5. The second kappa shape index (κ2) is 6.55. The van der Waals surface area contributed by atoms with Crippen LogP contribution < -0.4 is 5.32 Å². The van der Waals surface area contributed by atoms with Crippen LogP contribution in [-0.4, -0.2) is 48.6 Å². The fourth-order valence-corrected chi connectivity index (χ4v) is 2.77. The first-order valence-corrected chi connectivity index (χ1v) is 7.32. The Labute approximate surface area is 116 Å². The molecule has 0 radical (unpaired) electrons. The van der Waals surface area contributed by atoms with Crippen LogP contribution in [0, 0.1) is 0 Å². The lowest BCUT2D eigenvalue weighted by molar-refractivity contribution is 0.0516. The maximum atomic E-state index is 5.67. The lowest BCUT2D eigenvalue weighted by atomic mass is 10.1. The van der Waals surface area contributed by atoms with E-state index < -0.39 is 0 Å². The topological polar surface area (TPSA) is 31.7 Å². The molecule has 108 valence electrons. The first-order chi connectivity index (χ1) is 9.11. The zero-order valence-corrected chi connectivity index (χ0v) is 12.6. The first kappa shape index (κ1) is 14.6. The Morgan fingerprint density at radius 1 is 1.32 bits per heavy atom. The minimum absolute atomic E-state index is 0.607. The fourth-order valence-electron chi connectivity index (χ4n) is 2.77. The van der Waals surface area contributed by atoms with Gasteiger partial charge in [0.2, 0.25) is 0 Å². The molecule has 2 rings (SSSR count). The second-order valence-electron chi connectivity index (χ2n) is 5.71. The highest BCUT2D eigenvalue weighted by Crippen LogP contribution is 2.18. The molecule has 2 unspecified atom stereocenters. The molecule has 1 saturated heterocycles. The maximum Gasteiger partial charge on any atom is 0.122 e. The summed E-state index contributed by atoms with van der Waals surface area (Å²) in [7, 11) is 2.22.